The van der Waals surface area contributed by atoms with Gasteiger partial charge in [0.05, 0.1) is 6.54 Å². The Labute approximate surface area is 157 Å². The minimum atomic E-state index is -1.21. The first kappa shape index (κ1) is 19.2. The molecule has 2 fully saturated rings. The molecular formula is C19H24N2O6. The van der Waals surface area contributed by atoms with Crippen LogP contribution in [0.4, 0.5) is 4.79 Å². The number of nitrogens with zero attached hydrogens (tertiary/aromatic N) is 2. The van der Waals surface area contributed by atoms with Crippen LogP contribution in [0.1, 0.15) is 39.2 Å². The Kier molecular flexibility index (Phi) is 4.86. The Hall–Kier alpha value is -2.61. The van der Waals surface area contributed by atoms with E-state index in [1.165, 1.54) is 5.06 Å². The van der Waals surface area contributed by atoms with Gasteiger partial charge in [-0.15, -0.1) is 0 Å². The third kappa shape index (κ3) is 3.62. The number of benzene rings is 1. The summed E-state index contributed by atoms with van der Waals surface area (Å²) in [7, 11) is 0. The number of hydrogen-bond acceptors (Lipinski definition) is 5. The van der Waals surface area contributed by atoms with Crippen molar-refractivity contribution >= 4 is 18.0 Å². The number of carbonyl (C=O) groups is 3. The molecule has 8 nitrogen and oxygen atoms in total. The summed E-state index contributed by atoms with van der Waals surface area (Å²) in [4.78, 5) is 43.7. The Balaban J connectivity index is 1.73. The SMILES string of the molecule is CC(C)(C)OC(=O)N1C(C(=O)O)CCC12CN(OCc1ccccc1)C2=O. The molecule has 2 aliphatic rings. The highest BCUT2D eigenvalue weighted by atomic mass is 16.7. The summed E-state index contributed by atoms with van der Waals surface area (Å²) in [5, 5.41) is 10.7. The van der Waals surface area contributed by atoms with Crippen LogP contribution in [0.15, 0.2) is 30.3 Å². The summed E-state index contributed by atoms with van der Waals surface area (Å²) in [6.45, 7) is 5.43. The fraction of sp³-hybridized carbons (Fsp3) is 0.526. The molecule has 2 amide bonds. The van der Waals surface area contributed by atoms with Crippen LogP contribution in [-0.4, -0.2) is 56.8 Å². The minimum absolute atomic E-state index is 0.127. The maximum atomic E-state index is 12.8. The normalized spacial score (nSPS) is 24.9. The predicted octanol–water partition coefficient (Wildman–Crippen LogP) is 2.18. The maximum Gasteiger partial charge on any atom is 0.412 e. The van der Waals surface area contributed by atoms with Gasteiger partial charge in [0.15, 0.2) is 0 Å². The lowest BCUT2D eigenvalue weighted by Gasteiger charge is -2.50. The van der Waals surface area contributed by atoms with E-state index in [0.29, 0.717) is 0 Å². The van der Waals surface area contributed by atoms with Crippen LogP contribution in [-0.2, 0) is 25.8 Å². The number of carbonyl (C=O) groups excluding carboxylic acids is 2. The maximum absolute atomic E-state index is 12.8. The van der Waals surface area contributed by atoms with Crippen LogP contribution in [0.3, 0.4) is 0 Å². The number of carboxylic acid groups (broad SMARTS) is 1. The quantitative estimate of drug-likeness (QED) is 0.809. The van der Waals surface area contributed by atoms with Crippen molar-refractivity contribution in [2.24, 2.45) is 0 Å². The molecule has 1 N–H and O–H groups in total. The van der Waals surface area contributed by atoms with Gasteiger partial charge in [0, 0.05) is 0 Å². The largest absolute Gasteiger partial charge is 0.480 e. The summed E-state index contributed by atoms with van der Waals surface area (Å²) in [6.07, 6.45) is -0.316. The molecule has 27 heavy (non-hydrogen) atoms. The number of carboxylic acids is 1. The average Bonchev–Trinajstić information content (AvgIpc) is 3.00. The van der Waals surface area contributed by atoms with Crippen molar-refractivity contribution in [3.8, 4) is 0 Å². The number of rotatable bonds is 4. The minimum Gasteiger partial charge on any atom is -0.480 e. The van der Waals surface area contributed by atoms with Gasteiger partial charge in [-0.1, -0.05) is 30.3 Å². The number of likely N-dealkylation sites (tertiary alicyclic amines) is 1. The van der Waals surface area contributed by atoms with Crippen molar-refractivity contribution in [2.45, 2.75) is 57.4 Å². The van der Waals surface area contributed by atoms with Crippen LogP contribution >= 0.6 is 0 Å². The molecule has 0 aromatic heterocycles. The number of hydrogen-bond donors (Lipinski definition) is 1. The molecule has 0 aliphatic carbocycles. The summed E-state index contributed by atoms with van der Waals surface area (Å²) >= 11 is 0. The number of amides is 2. The molecule has 2 atom stereocenters. The smallest absolute Gasteiger partial charge is 0.412 e. The van der Waals surface area contributed by atoms with E-state index in [1.807, 2.05) is 30.3 Å². The zero-order valence-electron chi connectivity index (χ0n) is 15.7. The molecule has 0 bridgehead atoms. The summed E-state index contributed by atoms with van der Waals surface area (Å²) in [5.41, 5.74) is -1.09. The molecule has 146 valence electrons. The standard InChI is InChI=1S/C19H24N2O6/c1-18(2,3)27-17(25)21-14(15(22)23)9-10-19(21)12-20(16(19)24)26-11-13-7-5-4-6-8-13/h4-8,14H,9-12H2,1-3H3,(H,22,23). The highest BCUT2D eigenvalue weighted by Crippen LogP contribution is 2.43. The van der Waals surface area contributed by atoms with Gasteiger partial charge >= 0.3 is 12.1 Å². The molecular weight excluding hydrogens is 352 g/mol. The van der Waals surface area contributed by atoms with E-state index in [0.717, 1.165) is 10.5 Å². The topological polar surface area (TPSA) is 96.4 Å². The highest BCUT2D eigenvalue weighted by molar-refractivity contribution is 5.97. The Morgan fingerprint density at radius 1 is 1.26 bits per heavy atom. The average molecular weight is 376 g/mol. The second-order valence-corrected chi connectivity index (χ2v) is 7.88. The van der Waals surface area contributed by atoms with Crippen LogP contribution < -0.4 is 0 Å². The van der Waals surface area contributed by atoms with Crippen molar-refractivity contribution in [1.29, 1.82) is 0 Å². The summed E-state index contributed by atoms with van der Waals surface area (Å²) in [5.74, 6) is -1.55. The fourth-order valence-corrected chi connectivity index (χ4v) is 3.48. The van der Waals surface area contributed by atoms with Crippen molar-refractivity contribution in [3.05, 3.63) is 35.9 Å². The number of hydroxylamine groups is 2. The lowest BCUT2D eigenvalue weighted by Crippen LogP contribution is -2.74. The first-order chi connectivity index (χ1) is 12.6. The third-order valence-corrected chi connectivity index (χ3v) is 4.74. The molecule has 1 spiro atoms. The molecule has 8 heteroatoms. The van der Waals surface area contributed by atoms with Gasteiger partial charge < -0.3 is 9.84 Å². The van der Waals surface area contributed by atoms with Gasteiger partial charge in [0.2, 0.25) is 0 Å². The number of β-lactam (4-membered cyclic amide) rings is 1. The lowest BCUT2D eigenvalue weighted by atomic mass is 9.88. The zero-order valence-corrected chi connectivity index (χ0v) is 15.7. The van der Waals surface area contributed by atoms with Gasteiger partial charge in [0.1, 0.15) is 23.8 Å². The third-order valence-electron chi connectivity index (χ3n) is 4.74. The van der Waals surface area contributed by atoms with E-state index in [1.54, 1.807) is 20.8 Å². The Morgan fingerprint density at radius 2 is 1.93 bits per heavy atom. The van der Waals surface area contributed by atoms with E-state index < -0.39 is 35.2 Å². The number of aliphatic carboxylic acids is 1. The molecule has 2 unspecified atom stereocenters. The molecule has 2 aliphatic heterocycles. The zero-order chi connectivity index (χ0) is 19.8. The second-order valence-electron chi connectivity index (χ2n) is 7.88. The van der Waals surface area contributed by atoms with Crippen LogP contribution in [0, 0.1) is 0 Å². The lowest BCUT2D eigenvalue weighted by molar-refractivity contribution is -0.241. The van der Waals surface area contributed by atoms with Crippen molar-refractivity contribution < 1.29 is 29.1 Å². The molecule has 2 saturated heterocycles. The van der Waals surface area contributed by atoms with Crippen molar-refractivity contribution in [3.63, 3.8) is 0 Å². The molecule has 0 saturated carbocycles. The molecule has 3 rings (SSSR count). The van der Waals surface area contributed by atoms with Gasteiger partial charge in [-0.3, -0.25) is 14.5 Å². The summed E-state index contributed by atoms with van der Waals surface area (Å²) < 4.78 is 5.36. The van der Waals surface area contributed by atoms with E-state index in [2.05, 4.69) is 0 Å². The van der Waals surface area contributed by atoms with Gasteiger partial charge in [0.25, 0.3) is 5.91 Å². The number of ether oxygens (including phenoxy) is 1. The van der Waals surface area contributed by atoms with Gasteiger partial charge in [-0.05, 0) is 39.2 Å². The van der Waals surface area contributed by atoms with E-state index in [9.17, 15) is 19.5 Å². The molecule has 1 aromatic rings. The molecule has 2 heterocycles. The summed E-state index contributed by atoms with van der Waals surface area (Å²) in [6, 6.07) is 8.30. The first-order valence-electron chi connectivity index (χ1n) is 8.88. The van der Waals surface area contributed by atoms with E-state index in [-0.39, 0.29) is 26.0 Å². The second kappa shape index (κ2) is 6.84. The van der Waals surface area contributed by atoms with Crippen LogP contribution in [0.25, 0.3) is 0 Å². The van der Waals surface area contributed by atoms with Crippen molar-refractivity contribution in [1.82, 2.24) is 9.96 Å². The fourth-order valence-electron chi connectivity index (χ4n) is 3.48. The van der Waals surface area contributed by atoms with E-state index in [4.69, 9.17) is 9.57 Å². The molecule has 1 aromatic carbocycles. The van der Waals surface area contributed by atoms with Gasteiger partial charge in [-0.25, -0.2) is 14.7 Å². The Morgan fingerprint density at radius 3 is 2.48 bits per heavy atom. The van der Waals surface area contributed by atoms with Crippen molar-refractivity contribution in [2.75, 3.05) is 6.54 Å². The van der Waals surface area contributed by atoms with Crippen LogP contribution in [0.2, 0.25) is 0 Å². The predicted molar refractivity (Wildman–Crippen MR) is 94.4 cm³/mol. The molecule has 0 radical (unpaired) electrons. The Bertz CT molecular complexity index is 744. The monoisotopic (exact) mass is 376 g/mol. The highest BCUT2D eigenvalue weighted by Gasteiger charge is 2.65. The van der Waals surface area contributed by atoms with E-state index >= 15 is 0 Å². The van der Waals surface area contributed by atoms with Crippen LogP contribution in [0.5, 0.6) is 0 Å². The van der Waals surface area contributed by atoms with Gasteiger partial charge in [-0.2, -0.15) is 0 Å². The first-order valence-corrected chi connectivity index (χ1v) is 8.88.